The Balaban J connectivity index is 2.08. The average molecular weight is 281 g/mol. The van der Waals surface area contributed by atoms with E-state index in [1.165, 1.54) is 6.42 Å². The number of carbonyl (C=O) groups excluding carboxylic acids is 1. The highest BCUT2D eigenvalue weighted by atomic mass is 16.4. The SMILES string of the molecule is CCCC1CCCCN1C(=O)C1CCCCC1C(=O)O. The minimum absolute atomic E-state index is 0.121. The Morgan fingerprint density at radius 1 is 1.05 bits per heavy atom. The summed E-state index contributed by atoms with van der Waals surface area (Å²) in [4.78, 5) is 26.2. The van der Waals surface area contributed by atoms with Crippen LogP contribution < -0.4 is 0 Å². The van der Waals surface area contributed by atoms with Gasteiger partial charge in [-0.15, -0.1) is 0 Å². The minimum atomic E-state index is -0.785. The summed E-state index contributed by atoms with van der Waals surface area (Å²) in [5.74, 6) is -1.40. The minimum Gasteiger partial charge on any atom is -0.481 e. The lowest BCUT2D eigenvalue weighted by Gasteiger charge is -2.40. The summed E-state index contributed by atoms with van der Waals surface area (Å²) < 4.78 is 0. The average Bonchev–Trinajstić information content (AvgIpc) is 2.47. The lowest BCUT2D eigenvalue weighted by atomic mass is 9.78. The zero-order valence-electron chi connectivity index (χ0n) is 12.5. The molecule has 0 aromatic carbocycles. The molecule has 2 fully saturated rings. The number of hydrogen-bond donors (Lipinski definition) is 1. The quantitative estimate of drug-likeness (QED) is 0.861. The first-order chi connectivity index (χ1) is 9.65. The Bertz CT molecular complexity index is 354. The van der Waals surface area contributed by atoms with Crippen molar-refractivity contribution < 1.29 is 14.7 Å². The molecule has 1 N–H and O–H groups in total. The maximum Gasteiger partial charge on any atom is 0.307 e. The molecular formula is C16H27NO3. The molecule has 2 aliphatic rings. The van der Waals surface area contributed by atoms with Crippen molar-refractivity contribution >= 4 is 11.9 Å². The van der Waals surface area contributed by atoms with Crippen molar-refractivity contribution in [1.82, 2.24) is 4.90 Å². The molecule has 0 aromatic rings. The summed E-state index contributed by atoms with van der Waals surface area (Å²) in [6, 6.07) is 0.345. The van der Waals surface area contributed by atoms with Crippen molar-refractivity contribution in [2.75, 3.05) is 6.54 Å². The van der Waals surface area contributed by atoms with Crippen LogP contribution in [0.25, 0.3) is 0 Å². The summed E-state index contributed by atoms with van der Waals surface area (Å²) in [5.41, 5.74) is 0. The van der Waals surface area contributed by atoms with Gasteiger partial charge in [-0.25, -0.2) is 0 Å². The number of nitrogens with zero attached hydrogens (tertiary/aromatic N) is 1. The first-order valence-corrected chi connectivity index (χ1v) is 8.18. The monoisotopic (exact) mass is 281 g/mol. The molecule has 0 bridgehead atoms. The molecular weight excluding hydrogens is 254 g/mol. The summed E-state index contributed by atoms with van der Waals surface area (Å²) in [6.07, 6.45) is 8.84. The van der Waals surface area contributed by atoms with Crippen LogP contribution in [0.15, 0.2) is 0 Å². The second-order valence-electron chi connectivity index (χ2n) is 6.31. The van der Waals surface area contributed by atoms with Gasteiger partial charge in [0.05, 0.1) is 11.8 Å². The summed E-state index contributed by atoms with van der Waals surface area (Å²) in [5, 5.41) is 9.35. The van der Waals surface area contributed by atoms with E-state index in [-0.39, 0.29) is 11.8 Å². The van der Waals surface area contributed by atoms with Crippen LogP contribution in [0.5, 0.6) is 0 Å². The van der Waals surface area contributed by atoms with E-state index in [1.54, 1.807) is 0 Å². The van der Waals surface area contributed by atoms with Crippen LogP contribution in [0.2, 0.25) is 0 Å². The third-order valence-electron chi connectivity index (χ3n) is 4.93. The van der Waals surface area contributed by atoms with Crippen LogP contribution >= 0.6 is 0 Å². The van der Waals surface area contributed by atoms with Crippen molar-refractivity contribution in [2.45, 2.75) is 70.8 Å². The molecule has 4 heteroatoms. The van der Waals surface area contributed by atoms with E-state index in [2.05, 4.69) is 6.92 Å². The Morgan fingerprint density at radius 3 is 2.35 bits per heavy atom. The van der Waals surface area contributed by atoms with Crippen molar-refractivity contribution in [3.8, 4) is 0 Å². The van der Waals surface area contributed by atoms with Crippen LogP contribution in [0.3, 0.4) is 0 Å². The number of likely N-dealkylation sites (tertiary alicyclic amines) is 1. The molecule has 20 heavy (non-hydrogen) atoms. The lowest BCUT2D eigenvalue weighted by Crippen LogP contribution is -2.49. The van der Waals surface area contributed by atoms with Crippen LogP contribution in [0, 0.1) is 11.8 Å². The highest BCUT2D eigenvalue weighted by Crippen LogP contribution is 2.34. The number of hydrogen-bond acceptors (Lipinski definition) is 2. The van der Waals surface area contributed by atoms with E-state index >= 15 is 0 Å². The molecule has 1 saturated heterocycles. The van der Waals surface area contributed by atoms with E-state index in [1.807, 2.05) is 4.90 Å². The van der Waals surface area contributed by atoms with Gasteiger partial charge in [0.1, 0.15) is 0 Å². The Labute approximate surface area is 121 Å². The Morgan fingerprint density at radius 2 is 1.70 bits per heavy atom. The first-order valence-electron chi connectivity index (χ1n) is 8.18. The second kappa shape index (κ2) is 7.09. The largest absolute Gasteiger partial charge is 0.481 e. The van der Waals surface area contributed by atoms with Crippen LogP contribution in [0.4, 0.5) is 0 Å². The Hall–Kier alpha value is -1.06. The number of carboxylic acid groups (broad SMARTS) is 1. The van der Waals surface area contributed by atoms with Crippen molar-refractivity contribution in [2.24, 2.45) is 11.8 Å². The first kappa shape index (κ1) is 15.3. The van der Waals surface area contributed by atoms with Crippen molar-refractivity contribution in [3.63, 3.8) is 0 Å². The van der Waals surface area contributed by atoms with Gasteiger partial charge >= 0.3 is 5.97 Å². The molecule has 3 atom stereocenters. The van der Waals surface area contributed by atoms with Crippen LogP contribution in [-0.4, -0.2) is 34.5 Å². The molecule has 3 unspecified atom stereocenters. The smallest absolute Gasteiger partial charge is 0.307 e. The third-order valence-corrected chi connectivity index (χ3v) is 4.93. The standard InChI is InChI=1S/C16H27NO3/c1-2-7-12-8-5-6-11-17(12)15(18)13-9-3-4-10-14(13)16(19)20/h12-14H,2-11H2,1H3,(H,19,20). The second-order valence-corrected chi connectivity index (χ2v) is 6.31. The zero-order valence-corrected chi connectivity index (χ0v) is 12.5. The number of carboxylic acids is 1. The number of amides is 1. The van der Waals surface area contributed by atoms with Crippen LogP contribution in [0.1, 0.15) is 64.7 Å². The number of piperidine rings is 1. The Kier molecular flexibility index (Phi) is 5.44. The summed E-state index contributed by atoms with van der Waals surface area (Å²) >= 11 is 0. The van der Waals surface area contributed by atoms with Gasteiger partial charge in [0.2, 0.25) is 5.91 Å². The molecule has 1 aliphatic carbocycles. The molecule has 0 radical (unpaired) electrons. The molecule has 1 aliphatic heterocycles. The normalized spacial score (nSPS) is 31.1. The van der Waals surface area contributed by atoms with E-state index < -0.39 is 11.9 Å². The molecule has 1 heterocycles. The molecule has 1 amide bonds. The molecule has 4 nitrogen and oxygen atoms in total. The maximum absolute atomic E-state index is 12.8. The predicted octanol–water partition coefficient (Wildman–Crippen LogP) is 3.06. The number of carbonyl (C=O) groups is 2. The fourth-order valence-electron chi connectivity index (χ4n) is 3.86. The van der Waals surface area contributed by atoms with Gasteiger partial charge in [-0.3, -0.25) is 9.59 Å². The maximum atomic E-state index is 12.8. The van der Waals surface area contributed by atoms with E-state index in [0.717, 1.165) is 51.5 Å². The number of rotatable bonds is 4. The zero-order chi connectivity index (χ0) is 14.5. The van der Waals surface area contributed by atoms with Gasteiger partial charge < -0.3 is 10.0 Å². The summed E-state index contributed by atoms with van der Waals surface area (Å²) in [7, 11) is 0. The van der Waals surface area contributed by atoms with Gasteiger partial charge in [0.15, 0.2) is 0 Å². The van der Waals surface area contributed by atoms with Gasteiger partial charge in [-0.1, -0.05) is 26.2 Å². The van der Waals surface area contributed by atoms with Gasteiger partial charge in [0.25, 0.3) is 0 Å². The van der Waals surface area contributed by atoms with Gasteiger partial charge in [-0.2, -0.15) is 0 Å². The lowest BCUT2D eigenvalue weighted by molar-refractivity contribution is -0.154. The van der Waals surface area contributed by atoms with Crippen molar-refractivity contribution in [3.05, 3.63) is 0 Å². The number of aliphatic carboxylic acids is 1. The predicted molar refractivity (Wildman–Crippen MR) is 77.3 cm³/mol. The highest BCUT2D eigenvalue weighted by Gasteiger charge is 2.39. The van der Waals surface area contributed by atoms with Gasteiger partial charge in [0, 0.05) is 12.6 Å². The molecule has 0 spiro atoms. The fourth-order valence-corrected chi connectivity index (χ4v) is 3.86. The molecule has 0 aromatic heterocycles. The topological polar surface area (TPSA) is 57.6 Å². The fraction of sp³-hybridized carbons (Fsp3) is 0.875. The van der Waals surface area contributed by atoms with Gasteiger partial charge in [-0.05, 0) is 38.5 Å². The molecule has 1 saturated carbocycles. The van der Waals surface area contributed by atoms with E-state index in [9.17, 15) is 14.7 Å². The van der Waals surface area contributed by atoms with Crippen LogP contribution in [-0.2, 0) is 9.59 Å². The third kappa shape index (κ3) is 3.33. The van der Waals surface area contributed by atoms with E-state index in [4.69, 9.17) is 0 Å². The molecule has 2 rings (SSSR count). The highest BCUT2D eigenvalue weighted by molar-refractivity contribution is 5.85. The molecule has 114 valence electrons. The van der Waals surface area contributed by atoms with Crippen molar-refractivity contribution in [1.29, 1.82) is 0 Å². The van der Waals surface area contributed by atoms with E-state index in [0.29, 0.717) is 12.5 Å². The summed E-state index contributed by atoms with van der Waals surface area (Å²) in [6.45, 7) is 2.98.